The molecule has 0 aliphatic carbocycles. The summed E-state index contributed by atoms with van der Waals surface area (Å²) < 4.78 is 0. The molecule has 3 nitrogen and oxygen atoms in total. The number of halogens is 1. The van der Waals surface area contributed by atoms with Crippen LogP contribution in [0.15, 0.2) is 24.3 Å². The van der Waals surface area contributed by atoms with Gasteiger partial charge in [0.1, 0.15) is 0 Å². The second-order valence-electron chi connectivity index (χ2n) is 6.63. The molecule has 122 valence electrons. The third-order valence-electron chi connectivity index (χ3n) is 4.86. The fourth-order valence-corrected chi connectivity index (χ4v) is 3.93. The Hall–Kier alpha value is -1.06. The molecule has 1 aromatic rings. The molecule has 2 fully saturated rings. The Kier molecular flexibility index (Phi) is 6.27. The van der Waals surface area contributed by atoms with Gasteiger partial charge in [0.15, 0.2) is 0 Å². The molecule has 2 atom stereocenters. The lowest BCUT2D eigenvalue weighted by Crippen LogP contribution is -2.39. The highest BCUT2D eigenvalue weighted by Gasteiger charge is 2.34. The average molecular weight is 323 g/mol. The lowest BCUT2D eigenvalue weighted by Gasteiger charge is -2.28. The van der Waals surface area contributed by atoms with Gasteiger partial charge in [0.2, 0.25) is 5.91 Å². The molecule has 22 heavy (non-hydrogen) atoms. The SMILES string of the molecule is CCCc1ccccc1NC(=O)CC1CC2CCC(C1)N2.Cl. The highest BCUT2D eigenvalue weighted by Crippen LogP contribution is 2.32. The molecule has 2 bridgehead atoms. The molecule has 1 aromatic carbocycles. The number of carbonyl (C=O) groups is 1. The van der Waals surface area contributed by atoms with Gasteiger partial charge in [0.05, 0.1) is 0 Å². The van der Waals surface area contributed by atoms with E-state index in [1.54, 1.807) is 0 Å². The number of rotatable bonds is 5. The van der Waals surface area contributed by atoms with Crippen molar-refractivity contribution in [3.63, 3.8) is 0 Å². The number of amides is 1. The standard InChI is InChI=1S/C18H26N2O.ClH/c1-2-5-14-6-3-4-7-17(14)20-18(21)12-13-10-15-8-9-16(11-13)19-15;/h3-4,6-7,13,15-16,19H,2,5,8-12H2,1H3,(H,20,21);1H. The van der Waals surface area contributed by atoms with Gasteiger partial charge >= 0.3 is 0 Å². The first-order chi connectivity index (χ1) is 10.2. The highest BCUT2D eigenvalue weighted by molar-refractivity contribution is 5.91. The van der Waals surface area contributed by atoms with E-state index in [9.17, 15) is 4.79 Å². The summed E-state index contributed by atoms with van der Waals surface area (Å²) in [5.41, 5.74) is 2.25. The zero-order valence-electron chi connectivity index (χ0n) is 13.3. The molecule has 1 amide bonds. The van der Waals surface area contributed by atoms with E-state index in [-0.39, 0.29) is 18.3 Å². The van der Waals surface area contributed by atoms with Crippen molar-refractivity contribution in [2.24, 2.45) is 5.92 Å². The van der Waals surface area contributed by atoms with Crippen LogP contribution in [0, 0.1) is 5.92 Å². The number of carbonyl (C=O) groups excluding carboxylic acids is 1. The number of hydrogen-bond donors (Lipinski definition) is 2. The Balaban J connectivity index is 0.00000176. The predicted molar refractivity (Wildman–Crippen MR) is 93.6 cm³/mol. The number of para-hydroxylation sites is 1. The van der Waals surface area contributed by atoms with Crippen molar-refractivity contribution in [1.82, 2.24) is 5.32 Å². The van der Waals surface area contributed by atoms with Crippen LogP contribution in [-0.2, 0) is 11.2 Å². The van der Waals surface area contributed by atoms with Gasteiger partial charge in [-0.15, -0.1) is 12.4 Å². The van der Waals surface area contributed by atoms with E-state index < -0.39 is 0 Å². The average Bonchev–Trinajstić information content (AvgIpc) is 2.80. The van der Waals surface area contributed by atoms with Gasteiger partial charge in [-0.25, -0.2) is 0 Å². The monoisotopic (exact) mass is 322 g/mol. The Labute approximate surface area is 139 Å². The van der Waals surface area contributed by atoms with Gasteiger partial charge in [-0.3, -0.25) is 4.79 Å². The Bertz CT molecular complexity index is 494. The second kappa shape index (κ2) is 7.98. The highest BCUT2D eigenvalue weighted by atomic mass is 35.5. The summed E-state index contributed by atoms with van der Waals surface area (Å²) in [4.78, 5) is 12.3. The fraction of sp³-hybridized carbons (Fsp3) is 0.611. The molecule has 0 radical (unpaired) electrons. The van der Waals surface area contributed by atoms with E-state index >= 15 is 0 Å². The molecule has 2 aliphatic heterocycles. The fourth-order valence-electron chi connectivity index (χ4n) is 3.93. The van der Waals surface area contributed by atoms with E-state index in [0.29, 0.717) is 24.4 Å². The largest absolute Gasteiger partial charge is 0.326 e. The molecule has 2 heterocycles. The van der Waals surface area contributed by atoms with E-state index in [1.807, 2.05) is 18.2 Å². The number of anilines is 1. The summed E-state index contributed by atoms with van der Waals surface area (Å²) in [6, 6.07) is 9.51. The number of piperidine rings is 1. The van der Waals surface area contributed by atoms with E-state index in [4.69, 9.17) is 0 Å². The van der Waals surface area contributed by atoms with Crippen LogP contribution in [0.4, 0.5) is 5.69 Å². The number of aryl methyl sites for hydroxylation is 1. The lowest BCUT2D eigenvalue weighted by atomic mass is 9.89. The third-order valence-corrected chi connectivity index (χ3v) is 4.86. The smallest absolute Gasteiger partial charge is 0.224 e. The summed E-state index contributed by atoms with van der Waals surface area (Å²) in [6.45, 7) is 2.17. The predicted octanol–water partition coefficient (Wildman–Crippen LogP) is 3.92. The molecule has 2 unspecified atom stereocenters. The lowest BCUT2D eigenvalue weighted by molar-refractivity contribution is -0.117. The van der Waals surface area contributed by atoms with E-state index in [1.165, 1.54) is 31.2 Å². The summed E-state index contributed by atoms with van der Waals surface area (Å²) >= 11 is 0. The van der Waals surface area contributed by atoms with Gasteiger partial charge in [-0.1, -0.05) is 31.5 Å². The Morgan fingerprint density at radius 2 is 1.91 bits per heavy atom. The van der Waals surface area contributed by atoms with Crippen LogP contribution >= 0.6 is 12.4 Å². The molecular weight excluding hydrogens is 296 g/mol. The minimum Gasteiger partial charge on any atom is -0.326 e. The van der Waals surface area contributed by atoms with Crippen LogP contribution in [0.3, 0.4) is 0 Å². The molecule has 2 aliphatic rings. The van der Waals surface area contributed by atoms with Crippen LogP contribution in [-0.4, -0.2) is 18.0 Å². The third kappa shape index (κ3) is 4.23. The van der Waals surface area contributed by atoms with Gasteiger partial charge in [-0.05, 0) is 49.7 Å². The maximum atomic E-state index is 12.3. The number of hydrogen-bond acceptors (Lipinski definition) is 2. The zero-order valence-corrected chi connectivity index (χ0v) is 14.1. The van der Waals surface area contributed by atoms with Crippen LogP contribution in [0.2, 0.25) is 0 Å². The maximum Gasteiger partial charge on any atom is 0.224 e. The topological polar surface area (TPSA) is 41.1 Å². The Morgan fingerprint density at radius 1 is 1.23 bits per heavy atom. The molecule has 2 N–H and O–H groups in total. The minimum atomic E-state index is 0. The quantitative estimate of drug-likeness (QED) is 0.862. The molecule has 0 spiro atoms. The van der Waals surface area contributed by atoms with Gasteiger partial charge in [0, 0.05) is 24.2 Å². The van der Waals surface area contributed by atoms with E-state index in [0.717, 1.165) is 18.5 Å². The summed E-state index contributed by atoms with van der Waals surface area (Å²) in [5, 5.41) is 6.77. The molecule has 4 heteroatoms. The molecule has 0 saturated carbocycles. The van der Waals surface area contributed by atoms with Crippen molar-refractivity contribution in [3.8, 4) is 0 Å². The van der Waals surface area contributed by atoms with Gasteiger partial charge in [-0.2, -0.15) is 0 Å². The normalized spacial score (nSPS) is 26.3. The second-order valence-corrected chi connectivity index (χ2v) is 6.63. The first-order valence-electron chi connectivity index (χ1n) is 8.38. The van der Waals surface area contributed by atoms with Gasteiger partial charge in [0.25, 0.3) is 0 Å². The zero-order chi connectivity index (χ0) is 14.7. The number of nitrogens with one attached hydrogen (secondary N) is 2. The minimum absolute atomic E-state index is 0. The van der Waals surface area contributed by atoms with Crippen LogP contribution in [0.5, 0.6) is 0 Å². The van der Waals surface area contributed by atoms with Crippen LogP contribution < -0.4 is 10.6 Å². The van der Waals surface area contributed by atoms with Crippen LogP contribution in [0.1, 0.15) is 51.0 Å². The summed E-state index contributed by atoms with van der Waals surface area (Å²) in [6.07, 6.45) is 7.72. The summed E-state index contributed by atoms with van der Waals surface area (Å²) in [5.74, 6) is 0.743. The molecule has 0 aromatic heterocycles. The molecular formula is C18H27ClN2O. The van der Waals surface area contributed by atoms with Crippen molar-refractivity contribution >= 4 is 24.0 Å². The van der Waals surface area contributed by atoms with Crippen molar-refractivity contribution in [2.45, 2.75) is 64.0 Å². The van der Waals surface area contributed by atoms with Crippen molar-refractivity contribution in [2.75, 3.05) is 5.32 Å². The van der Waals surface area contributed by atoms with Crippen LogP contribution in [0.25, 0.3) is 0 Å². The van der Waals surface area contributed by atoms with Gasteiger partial charge < -0.3 is 10.6 Å². The summed E-state index contributed by atoms with van der Waals surface area (Å²) in [7, 11) is 0. The number of benzene rings is 1. The van der Waals surface area contributed by atoms with Crippen molar-refractivity contribution in [3.05, 3.63) is 29.8 Å². The molecule has 3 rings (SSSR count). The maximum absolute atomic E-state index is 12.3. The number of fused-ring (bicyclic) bond motifs is 2. The van der Waals surface area contributed by atoms with E-state index in [2.05, 4.69) is 23.6 Å². The first-order valence-corrected chi connectivity index (χ1v) is 8.38. The Morgan fingerprint density at radius 3 is 2.59 bits per heavy atom. The molecule has 2 saturated heterocycles. The first kappa shape index (κ1) is 17.3. The van der Waals surface area contributed by atoms with Crippen molar-refractivity contribution in [1.29, 1.82) is 0 Å². The van der Waals surface area contributed by atoms with Crippen molar-refractivity contribution < 1.29 is 4.79 Å².